The van der Waals surface area contributed by atoms with Gasteiger partial charge in [-0.1, -0.05) is 23.8 Å². The number of rotatable bonds is 5. The number of thiophene rings is 1. The van der Waals surface area contributed by atoms with Crippen molar-refractivity contribution in [2.75, 3.05) is 10.6 Å². The Morgan fingerprint density at radius 3 is 2.70 bits per heavy atom. The number of aromatic nitrogens is 2. The first-order chi connectivity index (χ1) is 11.0. The molecule has 23 heavy (non-hydrogen) atoms. The van der Waals surface area contributed by atoms with Crippen LogP contribution in [-0.4, -0.2) is 16.0 Å². The van der Waals surface area contributed by atoms with E-state index in [1.54, 1.807) is 11.3 Å². The van der Waals surface area contributed by atoms with Crippen LogP contribution < -0.4 is 10.6 Å². The highest BCUT2D eigenvalue weighted by atomic mass is 32.1. The molecule has 4 nitrogen and oxygen atoms in total. The zero-order valence-electron chi connectivity index (χ0n) is 14.0. The highest BCUT2D eigenvalue weighted by Gasteiger charge is 2.10. The largest absolute Gasteiger partial charge is 0.365 e. The zero-order valence-corrected chi connectivity index (χ0v) is 14.8. The van der Waals surface area contributed by atoms with Gasteiger partial charge in [-0.25, -0.2) is 4.98 Å². The molecule has 0 unspecified atom stereocenters. The quantitative estimate of drug-likeness (QED) is 0.711. The maximum atomic E-state index is 4.65. The molecular formula is C18H22N4S. The Hall–Kier alpha value is -2.14. The van der Waals surface area contributed by atoms with Gasteiger partial charge in [-0.3, -0.25) is 0 Å². The number of hydrogen-bond donors (Lipinski definition) is 2. The number of benzene rings is 1. The Balaban J connectivity index is 1.87. The van der Waals surface area contributed by atoms with Crippen LogP contribution in [-0.2, 0) is 6.54 Å². The first kappa shape index (κ1) is 15.7. The second-order valence-corrected chi connectivity index (χ2v) is 7.03. The molecule has 120 valence electrons. The van der Waals surface area contributed by atoms with Gasteiger partial charge in [-0.15, -0.1) is 11.3 Å². The number of anilines is 2. The summed E-state index contributed by atoms with van der Waals surface area (Å²) < 4.78 is 1.10. The van der Waals surface area contributed by atoms with Crippen molar-refractivity contribution in [2.24, 2.45) is 0 Å². The molecule has 2 heterocycles. The lowest BCUT2D eigenvalue weighted by atomic mass is 10.1. The molecule has 0 spiro atoms. The van der Waals surface area contributed by atoms with Gasteiger partial charge >= 0.3 is 0 Å². The molecule has 0 saturated carbocycles. The molecule has 0 atom stereocenters. The summed E-state index contributed by atoms with van der Waals surface area (Å²) in [4.78, 5) is 9.22. The number of fused-ring (bicyclic) bond motifs is 1. The van der Waals surface area contributed by atoms with Gasteiger partial charge < -0.3 is 10.6 Å². The summed E-state index contributed by atoms with van der Waals surface area (Å²) in [5, 5.41) is 8.83. The van der Waals surface area contributed by atoms with Crippen molar-refractivity contribution in [1.82, 2.24) is 9.97 Å². The monoisotopic (exact) mass is 326 g/mol. The molecule has 1 aromatic carbocycles. The standard InChI is InChI=1S/C18H22N4S/c1-11(2)20-18-21-15-7-8-23-16(15)17(22-18)19-10-14-6-5-12(3)9-13(14)4/h5-9,11H,10H2,1-4H3,(H2,19,20,21,22). The Kier molecular flexibility index (Phi) is 4.48. The van der Waals surface area contributed by atoms with Crippen LogP contribution in [0.4, 0.5) is 11.8 Å². The van der Waals surface area contributed by atoms with Crippen molar-refractivity contribution < 1.29 is 0 Å². The third kappa shape index (κ3) is 3.62. The topological polar surface area (TPSA) is 49.8 Å². The van der Waals surface area contributed by atoms with E-state index in [-0.39, 0.29) is 0 Å². The normalized spacial score (nSPS) is 11.2. The van der Waals surface area contributed by atoms with E-state index in [1.807, 2.05) is 6.07 Å². The van der Waals surface area contributed by atoms with Crippen molar-refractivity contribution in [2.45, 2.75) is 40.3 Å². The van der Waals surface area contributed by atoms with E-state index in [0.717, 1.165) is 22.6 Å². The van der Waals surface area contributed by atoms with E-state index in [1.165, 1.54) is 16.7 Å². The Morgan fingerprint density at radius 2 is 1.96 bits per heavy atom. The summed E-state index contributed by atoms with van der Waals surface area (Å²) in [6.45, 7) is 9.20. The molecule has 0 saturated heterocycles. The van der Waals surface area contributed by atoms with Crippen LogP contribution in [0.25, 0.3) is 10.2 Å². The molecule has 2 N–H and O–H groups in total. The summed E-state index contributed by atoms with van der Waals surface area (Å²) in [7, 11) is 0. The lowest BCUT2D eigenvalue weighted by Crippen LogP contribution is -2.13. The average molecular weight is 326 g/mol. The highest BCUT2D eigenvalue weighted by molar-refractivity contribution is 7.17. The molecule has 3 aromatic rings. The summed E-state index contributed by atoms with van der Waals surface area (Å²) in [6.07, 6.45) is 0. The molecular weight excluding hydrogens is 304 g/mol. The molecule has 0 aliphatic heterocycles. The fraction of sp³-hybridized carbons (Fsp3) is 0.333. The first-order valence-electron chi connectivity index (χ1n) is 7.84. The first-order valence-corrected chi connectivity index (χ1v) is 8.72. The van der Waals surface area contributed by atoms with Crippen molar-refractivity contribution in [3.8, 4) is 0 Å². The minimum Gasteiger partial charge on any atom is -0.365 e. The van der Waals surface area contributed by atoms with Crippen LogP contribution >= 0.6 is 11.3 Å². The van der Waals surface area contributed by atoms with Crippen LogP contribution in [0.2, 0.25) is 0 Å². The Morgan fingerprint density at radius 1 is 1.13 bits per heavy atom. The van der Waals surface area contributed by atoms with E-state index in [9.17, 15) is 0 Å². The predicted octanol–water partition coefficient (Wildman–Crippen LogP) is 4.74. The Labute approximate surface area is 141 Å². The van der Waals surface area contributed by atoms with Gasteiger partial charge in [0.15, 0.2) is 0 Å². The lowest BCUT2D eigenvalue weighted by Gasteiger charge is -2.13. The molecule has 0 radical (unpaired) electrons. The summed E-state index contributed by atoms with van der Waals surface area (Å²) in [5.41, 5.74) is 4.86. The summed E-state index contributed by atoms with van der Waals surface area (Å²) in [5.74, 6) is 1.57. The average Bonchev–Trinajstić information content (AvgIpc) is 2.93. The van der Waals surface area contributed by atoms with Crippen molar-refractivity contribution in [1.29, 1.82) is 0 Å². The third-order valence-corrected chi connectivity index (χ3v) is 4.58. The molecule has 0 aliphatic rings. The van der Waals surface area contributed by atoms with Crippen LogP contribution in [0, 0.1) is 13.8 Å². The number of aryl methyl sites for hydroxylation is 2. The van der Waals surface area contributed by atoms with E-state index in [2.05, 4.69) is 71.9 Å². The van der Waals surface area contributed by atoms with E-state index < -0.39 is 0 Å². The Bertz CT molecular complexity index is 823. The maximum absolute atomic E-state index is 4.65. The fourth-order valence-electron chi connectivity index (χ4n) is 2.53. The van der Waals surface area contributed by atoms with Crippen LogP contribution in [0.1, 0.15) is 30.5 Å². The zero-order chi connectivity index (χ0) is 16.4. The molecule has 0 aliphatic carbocycles. The SMILES string of the molecule is Cc1ccc(CNc2nc(NC(C)C)nc3ccsc23)c(C)c1. The van der Waals surface area contributed by atoms with Crippen LogP contribution in [0.15, 0.2) is 29.6 Å². The fourth-order valence-corrected chi connectivity index (χ4v) is 3.33. The van der Waals surface area contributed by atoms with Gasteiger partial charge in [-0.2, -0.15) is 4.98 Å². The van der Waals surface area contributed by atoms with E-state index in [4.69, 9.17) is 0 Å². The summed E-state index contributed by atoms with van der Waals surface area (Å²) >= 11 is 1.67. The second-order valence-electron chi connectivity index (χ2n) is 6.11. The van der Waals surface area contributed by atoms with Gasteiger partial charge in [0.1, 0.15) is 5.82 Å². The van der Waals surface area contributed by atoms with Gasteiger partial charge in [0.05, 0.1) is 10.2 Å². The lowest BCUT2D eigenvalue weighted by molar-refractivity contribution is 0.877. The van der Waals surface area contributed by atoms with Gasteiger partial charge in [0.25, 0.3) is 0 Å². The highest BCUT2D eigenvalue weighted by Crippen LogP contribution is 2.28. The maximum Gasteiger partial charge on any atom is 0.225 e. The third-order valence-electron chi connectivity index (χ3n) is 3.67. The minimum absolute atomic E-state index is 0.304. The molecule has 0 amide bonds. The molecule has 3 rings (SSSR count). The molecule has 0 fully saturated rings. The van der Waals surface area contributed by atoms with Gasteiger partial charge in [0, 0.05) is 12.6 Å². The number of nitrogens with one attached hydrogen (secondary N) is 2. The van der Waals surface area contributed by atoms with Crippen molar-refractivity contribution in [3.05, 3.63) is 46.3 Å². The van der Waals surface area contributed by atoms with Gasteiger partial charge in [0.2, 0.25) is 5.95 Å². The number of hydrogen-bond acceptors (Lipinski definition) is 5. The van der Waals surface area contributed by atoms with E-state index in [0.29, 0.717) is 12.0 Å². The van der Waals surface area contributed by atoms with Crippen LogP contribution in [0.5, 0.6) is 0 Å². The van der Waals surface area contributed by atoms with Crippen molar-refractivity contribution >= 4 is 33.3 Å². The van der Waals surface area contributed by atoms with Gasteiger partial charge in [-0.05, 0) is 50.3 Å². The summed E-state index contributed by atoms with van der Waals surface area (Å²) in [6, 6.07) is 8.88. The predicted molar refractivity (Wildman–Crippen MR) is 99.4 cm³/mol. The van der Waals surface area contributed by atoms with Crippen LogP contribution in [0.3, 0.4) is 0 Å². The number of nitrogens with zero attached hydrogens (tertiary/aromatic N) is 2. The van der Waals surface area contributed by atoms with E-state index >= 15 is 0 Å². The second kappa shape index (κ2) is 6.54. The smallest absolute Gasteiger partial charge is 0.225 e. The molecule has 2 aromatic heterocycles. The molecule has 0 bridgehead atoms. The van der Waals surface area contributed by atoms with Crippen molar-refractivity contribution in [3.63, 3.8) is 0 Å². The molecule has 5 heteroatoms. The minimum atomic E-state index is 0.304.